The van der Waals surface area contributed by atoms with E-state index in [0.29, 0.717) is 12.5 Å². The predicted octanol–water partition coefficient (Wildman–Crippen LogP) is 0.501. The molecule has 0 spiro atoms. The zero-order chi connectivity index (χ0) is 12.1. The van der Waals surface area contributed by atoms with Crippen LogP contribution in [-0.2, 0) is 4.79 Å². The highest BCUT2D eigenvalue weighted by Crippen LogP contribution is 2.18. The summed E-state index contributed by atoms with van der Waals surface area (Å²) in [5.41, 5.74) is 0. The van der Waals surface area contributed by atoms with E-state index in [9.17, 15) is 9.90 Å². The van der Waals surface area contributed by atoms with E-state index in [1.54, 1.807) is 0 Å². The average Bonchev–Trinajstić information content (AvgIpc) is 2.33. The van der Waals surface area contributed by atoms with E-state index in [4.69, 9.17) is 0 Å². The highest BCUT2D eigenvalue weighted by Gasteiger charge is 2.25. The van der Waals surface area contributed by atoms with Crippen molar-refractivity contribution in [2.45, 2.75) is 50.3 Å². The maximum atomic E-state index is 11.9. The van der Waals surface area contributed by atoms with Gasteiger partial charge in [0.25, 0.3) is 0 Å². The topological polar surface area (TPSA) is 61.4 Å². The zero-order valence-electron chi connectivity index (χ0n) is 10.2. The summed E-state index contributed by atoms with van der Waals surface area (Å²) in [5.74, 6) is 2.23. The molecule has 0 bridgehead atoms. The van der Waals surface area contributed by atoms with Crippen molar-refractivity contribution >= 4 is 17.7 Å². The van der Waals surface area contributed by atoms with Gasteiger partial charge in [0.15, 0.2) is 0 Å². The number of hydrogen-bond donors (Lipinski definition) is 3. The van der Waals surface area contributed by atoms with Crippen LogP contribution in [0.5, 0.6) is 0 Å². The Bertz CT molecular complexity index is 257. The van der Waals surface area contributed by atoms with Crippen LogP contribution >= 0.6 is 11.8 Å². The molecule has 3 atom stereocenters. The van der Waals surface area contributed by atoms with Gasteiger partial charge in [-0.2, -0.15) is 11.8 Å². The molecule has 1 unspecified atom stereocenters. The number of amides is 1. The third kappa shape index (κ3) is 4.16. The van der Waals surface area contributed by atoms with Gasteiger partial charge in [-0.3, -0.25) is 4.79 Å². The van der Waals surface area contributed by atoms with Gasteiger partial charge in [-0.15, -0.1) is 0 Å². The van der Waals surface area contributed by atoms with Gasteiger partial charge in [0.1, 0.15) is 0 Å². The van der Waals surface area contributed by atoms with E-state index in [-0.39, 0.29) is 18.1 Å². The van der Waals surface area contributed by atoms with Crippen molar-refractivity contribution in [1.82, 2.24) is 10.6 Å². The fraction of sp³-hybridized carbons (Fsp3) is 0.917. The first-order chi connectivity index (χ1) is 8.25. The van der Waals surface area contributed by atoms with Crippen molar-refractivity contribution in [3.8, 4) is 0 Å². The van der Waals surface area contributed by atoms with Gasteiger partial charge in [0.05, 0.1) is 12.1 Å². The third-order valence-electron chi connectivity index (χ3n) is 3.51. The van der Waals surface area contributed by atoms with Crippen LogP contribution in [0, 0.1) is 0 Å². The summed E-state index contributed by atoms with van der Waals surface area (Å²) in [4.78, 5) is 11.9. The van der Waals surface area contributed by atoms with Gasteiger partial charge < -0.3 is 15.7 Å². The van der Waals surface area contributed by atoms with Gasteiger partial charge >= 0.3 is 0 Å². The second-order valence-electron chi connectivity index (χ2n) is 4.96. The van der Waals surface area contributed by atoms with Gasteiger partial charge in [0, 0.05) is 30.5 Å². The number of carbonyl (C=O) groups excluding carboxylic acids is 1. The number of hydrogen-bond acceptors (Lipinski definition) is 4. The Kier molecular flexibility index (Phi) is 5.13. The Morgan fingerprint density at radius 1 is 1.41 bits per heavy atom. The Hall–Kier alpha value is -0.260. The lowest BCUT2D eigenvalue weighted by Crippen LogP contribution is -2.48. The number of aliphatic hydroxyl groups is 1. The smallest absolute Gasteiger partial charge is 0.221 e. The number of aliphatic hydroxyl groups excluding tert-OH is 1. The molecule has 98 valence electrons. The minimum Gasteiger partial charge on any atom is -0.391 e. The molecule has 1 heterocycles. The molecule has 1 aliphatic carbocycles. The van der Waals surface area contributed by atoms with E-state index in [1.807, 2.05) is 11.8 Å². The Morgan fingerprint density at radius 3 is 2.94 bits per heavy atom. The maximum absolute atomic E-state index is 11.9. The number of nitrogens with one attached hydrogen (secondary N) is 2. The quantitative estimate of drug-likeness (QED) is 0.690. The van der Waals surface area contributed by atoms with Crippen LogP contribution in [0.1, 0.15) is 32.1 Å². The predicted molar refractivity (Wildman–Crippen MR) is 70.1 cm³/mol. The Morgan fingerprint density at radius 2 is 2.24 bits per heavy atom. The average molecular weight is 258 g/mol. The van der Waals surface area contributed by atoms with E-state index in [1.165, 1.54) is 0 Å². The summed E-state index contributed by atoms with van der Waals surface area (Å²) in [5, 5.41) is 16.1. The lowest BCUT2D eigenvalue weighted by atomic mass is 9.92. The molecular weight excluding hydrogens is 236 g/mol. The highest BCUT2D eigenvalue weighted by molar-refractivity contribution is 7.99. The molecule has 1 aliphatic heterocycles. The van der Waals surface area contributed by atoms with Crippen molar-refractivity contribution in [3.63, 3.8) is 0 Å². The standard InChI is InChI=1S/C12H22N2O2S/c15-11-4-2-1-3-10(11)14-12(16)7-9-8-17-6-5-13-9/h9-11,13,15H,1-8H2,(H,14,16)/t9?,10-,11-/m0/s1. The minimum atomic E-state index is -0.346. The summed E-state index contributed by atoms with van der Waals surface area (Å²) in [6.07, 6.45) is 4.12. The van der Waals surface area contributed by atoms with Gasteiger partial charge in [-0.1, -0.05) is 12.8 Å². The molecule has 2 rings (SSSR count). The Balaban J connectivity index is 1.72. The second kappa shape index (κ2) is 6.61. The summed E-state index contributed by atoms with van der Waals surface area (Å²) < 4.78 is 0. The second-order valence-corrected chi connectivity index (χ2v) is 6.11. The SMILES string of the molecule is O=C(CC1CSCCN1)N[C@H]1CCCC[C@@H]1O. The van der Waals surface area contributed by atoms with Crippen molar-refractivity contribution in [1.29, 1.82) is 0 Å². The summed E-state index contributed by atoms with van der Waals surface area (Å²) in [6, 6.07) is 0.280. The molecule has 5 heteroatoms. The first-order valence-electron chi connectivity index (χ1n) is 6.54. The van der Waals surface area contributed by atoms with Crippen molar-refractivity contribution in [3.05, 3.63) is 0 Å². The van der Waals surface area contributed by atoms with Gasteiger partial charge in [-0.05, 0) is 12.8 Å². The van der Waals surface area contributed by atoms with Crippen LogP contribution in [0.3, 0.4) is 0 Å². The molecule has 1 saturated heterocycles. The number of thioether (sulfide) groups is 1. The van der Waals surface area contributed by atoms with E-state index >= 15 is 0 Å². The molecule has 0 radical (unpaired) electrons. The van der Waals surface area contributed by atoms with E-state index in [2.05, 4.69) is 10.6 Å². The van der Waals surface area contributed by atoms with Crippen LogP contribution < -0.4 is 10.6 Å². The van der Waals surface area contributed by atoms with Gasteiger partial charge in [0.2, 0.25) is 5.91 Å². The monoisotopic (exact) mass is 258 g/mol. The summed E-state index contributed by atoms with van der Waals surface area (Å²) in [6.45, 7) is 0.995. The van der Waals surface area contributed by atoms with E-state index in [0.717, 1.165) is 43.7 Å². The molecule has 2 aliphatic rings. The summed E-state index contributed by atoms with van der Waals surface area (Å²) >= 11 is 1.90. The maximum Gasteiger partial charge on any atom is 0.221 e. The molecule has 0 aromatic rings. The van der Waals surface area contributed by atoms with Crippen molar-refractivity contribution in [2.75, 3.05) is 18.1 Å². The van der Waals surface area contributed by atoms with Crippen LogP contribution in [0.2, 0.25) is 0 Å². The molecule has 0 aromatic heterocycles. The van der Waals surface area contributed by atoms with Crippen molar-refractivity contribution < 1.29 is 9.90 Å². The minimum absolute atomic E-state index is 0.0208. The molecule has 2 fully saturated rings. The van der Waals surface area contributed by atoms with Crippen LogP contribution in [0.25, 0.3) is 0 Å². The first kappa shape index (κ1) is 13.2. The largest absolute Gasteiger partial charge is 0.391 e. The zero-order valence-corrected chi connectivity index (χ0v) is 11.0. The first-order valence-corrected chi connectivity index (χ1v) is 7.70. The number of rotatable bonds is 3. The summed E-state index contributed by atoms with van der Waals surface area (Å²) in [7, 11) is 0. The molecule has 3 N–H and O–H groups in total. The molecular formula is C12H22N2O2S. The molecule has 4 nitrogen and oxygen atoms in total. The van der Waals surface area contributed by atoms with Gasteiger partial charge in [-0.25, -0.2) is 0 Å². The lowest BCUT2D eigenvalue weighted by Gasteiger charge is -2.29. The molecule has 17 heavy (non-hydrogen) atoms. The molecule has 0 aromatic carbocycles. The molecule has 1 amide bonds. The normalized spacial score (nSPS) is 34.3. The van der Waals surface area contributed by atoms with Crippen LogP contribution in [-0.4, -0.2) is 47.3 Å². The highest BCUT2D eigenvalue weighted by atomic mass is 32.2. The van der Waals surface area contributed by atoms with Crippen LogP contribution in [0.4, 0.5) is 0 Å². The van der Waals surface area contributed by atoms with Crippen LogP contribution in [0.15, 0.2) is 0 Å². The number of carbonyl (C=O) groups is 1. The van der Waals surface area contributed by atoms with E-state index < -0.39 is 0 Å². The molecule has 1 saturated carbocycles. The lowest BCUT2D eigenvalue weighted by molar-refractivity contribution is -0.123. The van der Waals surface area contributed by atoms with Crippen molar-refractivity contribution in [2.24, 2.45) is 0 Å². The third-order valence-corrected chi connectivity index (χ3v) is 4.64. The Labute approximate surface area is 107 Å². The fourth-order valence-corrected chi connectivity index (χ4v) is 3.47. The fourth-order valence-electron chi connectivity index (χ4n) is 2.52.